The van der Waals surface area contributed by atoms with Gasteiger partial charge in [0.1, 0.15) is 0 Å². The molecule has 2 rings (SSSR count). The largest absolute Gasteiger partial charge is 0.383 e. The lowest BCUT2D eigenvalue weighted by molar-refractivity contribution is -0.384. The number of para-hydroxylation sites is 1. The molecule has 0 aliphatic rings. The average molecular weight is 379 g/mol. The molecule has 0 aromatic heterocycles. The average Bonchev–Trinajstić information content (AvgIpc) is 2.62. The number of methoxy groups -OCH3 is 1. The summed E-state index contributed by atoms with van der Waals surface area (Å²) in [5, 5.41) is 13.3. The van der Waals surface area contributed by atoms with E-state index >= 15 is 0 Å². The van der Waals surface area contributed by atoms with Gasteiger partial charge in [-0.2, -0.15) is 0 Å². The number of nitrogens with one attached hydrogen (secondary N) is 2. The highest BCUT2D eigenvalue weighted by molar-refractivity contribution is 7.92. The molecular weight excluding hydrogens is 362 g/mol. The summed E-state index contributed by atoms with van der Waals surface area (Å²) in [6.45, 7) is 0.598. The van der Waals surface area contributed by atoms with E-state index in [1.54, 1.807) is 12.1 Å². The molecular formula is C16H17N3O6S. The molecule has 10 heteroatoms. The van der Waals surface area contributed by atoms with Crippen molar-refractivity contribution in [1.82, 2.24) is 5.32 Å². The molecule has 0 fully saturated rings. The Labute approximate surface area is 150 Å². The molecule has 0 radical (unpaired) electrons. The summed E-state index contributed by atoms with van der Waals surface area (Å²) in [6.07, 6.45) is 0. The Morgan fingerprint density at radius 2 is 1.81 bits per heavy atom. The van der Waals surface area contributed by atoms with Crippen molar-refractivity contribution in [3.05, 3.63) is 64.2 Å². The standard InChI is InChI=1S/C16H17N3O6S/c1-25-11-10-17-16(20)14-4-2-3-5-15(14)18-26(23,24)13-8-6-12(7-9-13)19(21)22/h2-9,18H,10-11H2,1H3,(H,17,20). The zero-order valence-corrected chi connectivity index (χ0v) is 14.7. The topological polar surface area (TPSA) is 128 Å². The number of nitrogens with zero attached hydrogens (tertiary/aromatic N) is 1. The van der Waals surface area contributed by atoms with Crippen molar-refractivity contribution >= 4 is 27.3 Å². The number of amides is 1. The first-order valence-corrected chi connectivity index (χ1v) is 8.97. The van der Waals surface area contributed by atoms with E-state index in [1.807, 2.05) is 0 Å². The van der Waals surface area contributed by atoms with Gasteiger partial charge in [0, 0.05) is 25.8 Å². The Morgan fingerprint density at radius 1 is 1.15 bits per heavy atom. The molecule has 1 amide bonds. The van der Waals surface area contributed by atoms with Gasteiger partial charge in [-0.25, -0.2) is 8.42 Å². The van der Waals surface area contributed by atoms with Crippen LogP contribution in [0.25, 0.3) is 0 Å². The predicted molar refractivity (Wildman–Crippen MR) is 94.6 cm³/mol. The Morgan fingerprint density at radius 3 is 2.42 bits per heavy atom. The summed E-state index contributed by atoms with van der Waals surface area (Å²) in [4.78, 5) is 22.1. The second-order valence-electron chi connectivity index (χ2n) is 5.15. The van der Waals surface area contributed by atoms with Crippen LogP contribution < -0.4 is 10.0 Å². The maximum Gasteiger partial charge on any atom is 0.269 e. The third-order valence-electron chi connectivity index (χ3n) is 3.37. The minimum absolute atomic E-state index is 0.0979. The number of hydrogen-bond donors (Lipinski definition) is 2. The molecule has 138 valence electrons. The number of rotatable bonds is 8. The Kier molecular flexibility index (Phi) is 6.26. The van der Waals surface area contributed by atoms with Gasteiger partial charge < -0.3 is 10.1 Å². The van der Waals surface area contributed by atoms with Crippen molar-refractivity contribution in [2.75, 3.05) is 25.0 Å². The molecule has 2 aromatic rings. The molecule has 0 spiro atoms. The van der Waals surface area contributed by atoms with Gasteiger partial charge in [0.25, 0.3) is 21.6 Å². The van der Waals surface area contributed by atoms with Crippen LogP contribution in [0.5, 0.6) is 0 Å². The van der Waals surface area contributed by atoms with Gasteiger partial charge in [-0.3, -0.25) is 19.6 Å². The monoisotopic (exact) mass is 379 g/mol. The summed E-state index contributed by atoms with van der Waals surface area (Å²) in [6, 6.07) is 10.6. The minimum Gasteiger partial charge on any atom is -0.383 e. The lowest BCUT2D eigenvalue weighted by atomic mass is 10.2. The first kappa shape index (κ1) is 19.3. The van der Waals surface area contributed by atoms with Crippen molar-refractivity contribution in [2.45, 2.75) is 4.90 Å². The molecule has 26 heavy (non-hydrogen) atoms. The van der Waals surface area contributed by atoms with Crippen LogP contribution in [0.2, 0.25) is 0 Å². The number of benzene rings is 2. The number of non-ortho nitro benzene ring substituents is 1. The van der Waals surface area contributed by atoms with Crippen LogP contribution in [-0.2, 0) is 14.8 Å². The number of anilines is 1. The quantitative estimate of drug-likeness (QED) is 0.409. The van der Waals surface area contributed by atoms with Crippen molar-refractivity contribution in [2.24, 2.45) is 0 Å². The fourth-order valence-electron chi connectivity index (χ4n) is 2.08. The highest BCUT2D eigenvalue weighted by Crippen LogP contribution is 2.21. The van der Waals surface area contributed by atoms with Gasteiger partial charge in [-0.05, 0) is 24.3 Å². The van der Waals surface area contributed by atoms with Gasteiger partial charge in [0.15, 0.2) is 0 Å². The molecule has 0 saturated carbocycles. The van der Waals surface area contributed by atoms with E-state index in [1.165, 1.54) is 19.2 Å². The fourth-order valence-corrected chi connectivity index (χ4v) is 3.16. The summed E-state index contributed by atoms with van der Waals surface area (Å²) in [5.74, 6) is -0.455. The van der Waals surface area contributed by atoms with Gasteiger partial charge in [-0.15, -0.1) is 0 Å². The first-order chi connectivity index (χ1) is 12.3. The van der Waals surface area contributed by atoms with Gasteiger partial charge in [-0.1, -0.05) is 12.1 Å². The van der Waals surface area contributed by atoms with Crippen molar-refractivity contribution in [3.8, 4) is 0 Å². The second kappa shape index (κ2) is 8.41. The van der Waals surface area contributed by atoms with Crippen LogP contribution in [0.4, 0.5) is 11.4 Å². The van der Waals surface area contributed by atoms with Crippen LogP contribution in [0.15, 0.2) is 53.4 Å². The Hall–Kier alpha value is -2.98. The molecule has 0 aliphatic carbocycles. The highest BCUT2D eigenvalue weighted by Gasteiger charge is 2.19. The lowest BCUT2D eigenvalue weighted by Gasteiger charge is -2.12. The van der Waals surface area contributed by atoms with Crippen molar-refractivity contribution in [3.63, 3.8) is 0 Å². The van der Waals surface area contributed by atoms with E-state index < -0.39 is 20.9 Å². The van der Waals surface area contributed by atoms with Gasteiger partial charge in [0.05, 0.1) is 27.7 Å². The molecule has 9 nitrogen and oxygen atoms in total. The maximum absolute atomic E-state index is 12.5. The molecule has 0 heterocycles. The number of carbonyl (C=O) groups is 1. The SMILES string of the molecule is COCCNC(=O)c1ccccc1NS(=O)(=O)c1ccc([N+](=O)[O-])cc1. The zero-order valence-electron chi connectivity index (χ0n) is 13.8. The minimum atomic E-state index is -4.01. The van der Waals surface area contributed by atoms with E-state index in [-0.39, 0.29) is 28.4 Å². The van der Waals surface area contributed by atoms with Crippen LogP contribution in [0.1, 0.15) is 10.4 Å². The smallest absolute Gasteiger partial charge is 0.269 e. The third-order valence-corrected chi connectivity index (χ3v) is 4.75. The normalized spacial score (nSPS) is 11.0. The van der Waals surface area contributed by atoms with Crippen molar-refractivity contribution < 1.29 is 22.9 Å². The molecule has 0 bridgehead atoms. The Bertz CT molecular complexity index is 896. The highest BCUT2D eigenvalue weighted by atomic mass is 32.2. The molecule has 0 atom stereocenters. The van der Waals surface area contributed by atoms with E-state index in [4.69, 9.17) is 4.74 Å². The predicted octanol–water partition coefficient (Wildman–Crippen LogP) is 1.77. The first-order valence-electron chi connectivity index (χ1n) is 7.48. The number of nitro benzene ring substituents is 1. The summed E-state index contributed by atoms with van der Waals surface area (Å²) in [7, 11) is -2.52. The zero-order chi connectivity index (χ0) is 19.2. The van der Waals surface area contributed by atoms with Gasteiger partial charge >= 0.3 is 0 Å². The van der Waals surface area contributed by atoms with E-state index in [9.17, 15) is 23.3 Å². The number of sulfonamides is 1. The van der Waals surface area contributed by atoms with E-state index in [0.29, 0.717) is 6.61 Å². The fraction of sp³-hybridized carbons (Fsp3) is 0.188. The summed E-state index contributed by atoms with van der Waals surface area (Å²) in [5.41, 5.74) is 0.0248. The van der Waals surface area contributed by atoms with Gasteiger partial charge in [0.2, 0.25) is 0 Å². The molecule has 2 aromatic carbocycles. The van der Waals surface area contributed by atoms with Crippen LogP contribution in [0, 0.1) is 10.1 Å². The van der Waals surface area contributed by atoms with Crippen molar-refractivity contribution in [1.29, 1.82) is 0 Å². The lowest BCUT2D eigenvalue weighted by Crippen LogP contribution is -2.28. The summed E-state index contributed by atoms with van der Waals surface area (Å²) < 4.78 is 32.2. The Balaban J connectivity index is 2.24. The second-order valence-corrected chi connectivity index (χ2v) is 6.83. The van der Waals surface area contributed by atoms with E-state index in [0.717, 1.165) is 24.3 Å². The molecule has 0 saturated heterocycles. The molecule has 0 unspecified atom stereocenters. The number of ether oxygens (including phenoxy) is 1. The molecule has 0 aliphatic heterocycles. The van der Waals surface area contributed by atoms with Crippen LogP contribution in [0.3, 0.4) is 0 Å². The number of hydrogen-bond acceptors (Lipinski definition) is 6. The van der Waals surface area contributed by atoms with Crippen LogP contribution in [-0.4, -0.2) is 39.5 Å². The van der Waals surface area contributed by atoms with E-state index in [2.05, 4.69) is 10.0 Å². The third kappa shape index (κ3) is 4.77. The molecule has 2 N–H and O–H groups in total. The van der Waals surface area contributed by atoms with Crippen LogP contribution >= 0.6 is 0 Å². The number of nitro groups is 1. The number of carbonyl (C=O) groups excluding carboxylic acids is 1. The maximum atomic E-state index is 12.5. The summed E-state index contributed by atoms with van der Waals surface area (Å²) >= 11 is 0.